The van der Waals surface area contributed by atoms with Crippen molar-refractivity contribution in [2.45, 2.75) is 90.8 Å². The first-order valence-electron chi connectivity index (χ1n) is 8.03. The van der Waals surface area contributed by atoms with Gasteiger partial charge < -0.3 is 10.2 Å². The fourth-order valence-corrected chi connectivity index (χ4v) is 3.53. The molecule has 116 valence electrons. The summed E-state index contributed by atoms with van der Waals surface area (Å²) in [6.07, 6.45) is 3.93. The number of hydrogen-bond acceptors (Lipinski definition) is 2. The van der Waals surface area contributed by atoms with Crippen molar-refractivity contribution >= 4 is 11.8 Å². The zero-order chi connectivity index (χ0) is 15.6. The zero-order valence-corrected chi connectivity index (χ0v) is 13.9. The number of carbonyl (C=O) groups excluding carboxylic acids is 2. The summed E-state index contributed by atoms with van der Waals surface area (Å²) in [6, 6.07) is -0.381. The molecular formula is C16H30N2O2. The van der Waals surface area contributed by atoms with E-state index in [0.29, 0.717) is 12.8 Å². The summed E-state index contributed by atoms with van der Waals surface area (Å²) in [7, 11) is 0. The highest BCUT2D eigenvalue weighted by molar-refractivity contribution is 6.00. The number of rotatable bonds is 6. The van der Waals surface area contributed by atoms with Gasteiger partial charge in [-0.25, -0.2) is 0 Å². The number of nitrogens with one attached hydrogen (secondary N) is 1. The van der Waals surface area contributed by atoms with Gasteiger partial charge in [0.15, 0.2) is 0 Å². The second-order valence-electron chi connectivity index (χ2n) is 5.91. The molecule has 1 N–H and O–H groups in total. The minimum absolute atomic E-state index is 0.0203. The van der Waals surface area contributed by atoms with Crippen LogP contribution in [0.2, 0.25) is 0 Å². The minimum Gasteiger partial charge on any atom is -0.340 e. The van der Waals surface area contributed by atoms with E-state index in [2.05, 4.69) is 26.1 Å². The molecule has 20 heavy (non-hydrogen) atoms. The summed E-state index contributed by atoms with van der Waals surface area (Å²) < 4.78 is 0. The Morgan fingerprint density at radius 1 is 1.05 bits per heavy atom. The molecule has 1 saturated heterocycles. The first-order valence-corrected chi connectivity index (χ1v) is 8.03. The molecule has 4 nitrogen and oxygen atoms in total. The van der Waals surface area contributed by atoms with Crippen LogP contribution in [0.25, 0.3) is 0 Å². The lowest BCUT2D eigenvalue weighted by Gasteiger charge is -2.53. The Kier molecular flexibility index (Phi) is 5.22. The number of hydrogen-bond donors (Lipinski definition) is 1. The maximum Gasteiger partial charge on any atom is 0.249 e. The average Bonchev–Trinajstić information content (AvgIpc) is 2.48. The zero-order valence-electron chi connectivity index (χ0n) is 13.9. The van der Waals surface area contributed by atoms with E-state index in [9.17, 15) is 9.59 Å². The Morgan fingerprint density at radius 3 is 1.85 bits per heavy atom. The molecule has 0 bridgehead atoms. The molecule has 0 radical (unpaired) electrons. The highest BCUT2D eigenvalue weighted by Gasteiger charge is 2.52. The summed E-state index contributed by atoms with van der Waals surface area (Å²) in [5.74, 6) is 0.0770. The molecule has 1 unspecified atom stereocenters. The van der Waals surface area contributed by atoms with Crippen molar-refractivity contribution in [3.63, 3.8) is 0 Å². The second-order valence-corrected chi connectivity index (χ2v) is 5.91. The van der Waals surface area contributed by atoms with E-state index in [4.69, 9.17) is 0 Å². The van der Waals surface area contributed by atoms with E-state index in [1.807, 2.05) is 25.7 Å². The van der Waals surface area contributed by atoms with Gasteiger partial charge in [0.1, 0.15) is 11.6 Å². The Morgan fingerprint density at radius 2 is 1.50 bits per heavy atom. The van der Waals surface area contributed by atoms with E-state index in [1.165, 1.54) is 0 Å². The summed E-state index contributed by atoms with van der Waals surface area (Å²) in [5.41, 5.74) is -0.918. The molecule has 0 aliphatic carbocycles. The van der Waals surface area contributed by atoms with Gasteiger partial charge in [-0.05, 0) is 39.0 Å². The molecule has 0 saturated carbocycles. The fraction of sp³-hybridized carbons (Fsp3) is 0.875. The SMILES string of the molecule is CCC1(CC)NC(=O)C(C)N(C(CC)(CC)CC)C1=O. The van der Waals surface area contributed by atoms with Crippen LogP contribution in [-0.2, 0) is 9.59 Å². The third-order valence-electron chi connectivity index (χ3n) is 5.45. The van der Waals surface area contributed by atoms with Crippen LogP contribution >= 0.6 is 0 Å². The number of piperazine rings is 1. The predicted molar refractivity (Wildman–Crippen MR) is 81.4 cm³/mol. The molecule has 1 atom stereocenters. The van der Waals surface area contributed by atoms with Crippen LogP contribution in [0.1, 0.15) is 73.6 Å². The first kappa shape index (κ1) is 17.0. The standard InChI is InChI=1S/C16H30N2O2/c1-7-15(8-2,9-3)18-12(6)13(19)17-16(10-4,11-5)14(18)20/h12H,7-11H2,1-6H3,(H,17,19). The lowest BCUT2D eigenvalue weighted by molar-refractivity contribution is -0.163. The van der Waals surface area contributed by atoms with Gasteiger partial charge in [0, 0.05) is 5.54 Å². The lowest BCUT2D eigenvalue weighted by Crippen LogP contribution is -2.73. The highest BCUT2D eigenvalue weighted by Crippen LogP contribution is 2.36. The van der Waals surface area contributed by atoms with E-state index >= 15 is 0 Å². The summed E-state index contributed by atoms with van der Waals surface area (Å²) in [6.45, 7) is 12.1. The maximum atomic E-state index is 13.1. The molecule has 2 amide bonds. The van der Waals surface area contributed by atoms with Crippen molar-refractivity contribution in [3.8, 4) is 0 Å². The van der Waals surface area contributed by atoms with Crippen molar-refractivity contribution < 1.29 is 9.59 Å². The smallest absolute Gasteiger partial charge is 0.249 e. The minimum atomic E-state index is -0.714. The fourth-order valence-electron chi connectivity index (χ4n) is 3.53. The van der Waals surface area contributed by atoms with Crippen molar-refractivity contribution in [3.05, 3.63) is 0 Å². The van der Waals surface area contributed by atoms with Gasteiger partial charge in [0.25, 0.3) is 0 Å². The van der Waals surface area contributed by atoms with Crippen molar-refractivity contribution in [1.29, 1.82) is 0 Å². The summed E-state index contributed by atoms with van der Waals surface area (Å²) in [4.78, 5) is 27.4. The van der Waals surface area contributed by atoms with Crippen molar-refractivity contribution in [2.75, 3.05) is 0 Å². The van der Waals surface area contributed by atoms with Crippen LogP contribution in [0.4, 0.5) is 0 Å². The topological polar surface area (TPSA) is 49.4 Å². The Hall–Kier alpha value is -1.06. The lowest BCUT2D eigenvalue weighted by atomic mass is 9.80. The summed E-state index contributed by atoms with van der Waals surface area (Å²) >= 11 is 0. The molecule has 0 aromatic rings. The molecular weight excluding hydrogens is 252 g/mol. The highest BCUT2D eigenvalue weighted by atomic mass is 16.2. The Labute approximate surface area is 123 Å². The van der Waals surface area contributed by atoms with E-state index in [1.54, 1.807) is 0 Å². The van der Waals surface area contributed by atoms with Gasteiger partial charge in [-0.1, -0.05) is 34.6 Å². The molecule has 0 spiro atoms. The van der Waals surface area contributed by atoms with Crippen molar-refractivity contribution in [2.24, 2.45) is 0 Å². The number of carbonyl (C=O) groups is 2. The average molecular weight is 282 g/mol. The largest absolute Gasteiger partial charge is 0.340 e. The molecule has 1 aliphatic rings. The normalized spacial score (nSPS) is 22.9. The quantitative estimate of drug-likeness (QED) is 0.814. The third kappa shape index (κ3) is 2.33. The van der Waals surface area contributed by atoms with E-state index in [-0.39, 0.29) is 23.4 Å². The number of nitrogens with zero attached hydrogens (tertiary/aromatic N) is 1. The van der Waals surface area contributed by atoms with Gasteiger partial charge in [-0.3, -0.25) is 9.59 Å². The van der Waals surface area contributed by atoms with Gasteiger partial charge in [-0.2, -0.15) is 0 Å². The van der Waals surface area contributed by atoms with Gasteiger partial charge in [0.05, 0.1) is 0 Å². The molecule has 0 aromatic carbocycles. The molecule has 1 heterocycles. The van der Waals surface area contributed by atoms with Crippen LogP contribution in [0.5, 0.6) is 0 Å². The van der Waals surface area contributed by atoms with E-state index < -0.39 is 5.54 Å². The van der Waals surface area contributed by atoms with Crippen LogP contribution in [0.15, 0.2) is 0 Å². The van der Waals surface area contributed by atoms with Crippen LogP contribution < -0.4 is 5.32 Å². The third-order valence-corrected chi connectivity index (χ3v) is 5.45. The molecule has 0 aromatic heterocycles. The number of amides is 2. The van der Waals surface area contributed by atoms with Crippen LogP contribution in [0, 0.1) is 0 Å². The van der Waals surface area contributed by atoms with Gasteiger partial charge in [-0.15, -0.1) is 0 Å². The second kappa shape index (κ2) is 6.15. The van der Waals surface area contributed by atoms with E-state index in [0.717, 1.165) is 19.3 Å². The molecule has 1 rings (SSSR count). The van der Waals surface area contributed by atoms with Crippen LogP contribution in [0.3, 0.4) is 0 Å². The summed E-state index contributed by atoms with van der Waals surface area (Å²) in [5, 5.41) is 2.97. The van der Waals surface area contributed by atoms with Gasteiger partial charge >= 0.3 is 0 Å². The molecule has 1 fully saturated rings. The first-order chi connectivity index (χ1) is 9.37. The van der Waals surface area contributed by atoms with Crippen molar-refractivity contribution in [1.82, 2.24) is 10.2 Å². The maximum absolute atomic E-state index is 13.1. The molecule has 1 aliphatic heterocycles. The monoisotopic (exact) mass is 282 g/mol. The van der Waals surface area contributed by atoms with Gasteiger partial charge in [0.2, 0.25) is 11.8 Å². The van der Waals surface area contributed by atoms with Crippen LogP contribution in [-0.4, -0.2) is 33.8 Å². The Bertz CT molecular complexity index is 362. The predicted octanol–water partition coefficient (Wildman–Crippen LogP) is 2.86. The molecule has 4 heteroatoms. The Balaban J connectivity index is 3.33.